The van der Waals surface area contributed by atoms with Crippen LogP contribution in [0.5, 0.6) is 0 Å². The number of carbonyl (C=O) groups excluding carboxylic acids is 1. The Morgan fingerprint density at radius 2 is 2.07 bits per heavy atom. The fourth-order valence-electron chi connectivity index (χ4n) is 2.97. The fraction of sp³-hybridized carbons (Fsp3) is 0.333. The Hall–Kier alpha value is -2.63. The van der Waals surface area contributed by atoms with Gasteiger partial charge in [-0.25, -0.2) is 4.98 Å². The van der Waals surface area contributed by atoms with Crippen molar-refractivity contribution < 1.29 is 4.79 Å². The number of amides is 1. The molecule has 6 nitrogen and oxygen atoms in total. The molecule has 0 aliphatic carbocycles. The zero-order valence-electron chi connectivity index (χ0n) is 16.6. The average Bonchev–Trinajstić information content (AvgIpc) is 3.18. The first kappa shape index (κ1) is 21.1. The summed E-state index contributed by atoms with van der Waals surface area (Å²) in [7, 11) is 0. The van der Waals surface area contributed by atoms with Gasteiger partial charge in [0.05, 0.1) is 23.3 Å². The standard InChI is InChI=1S/C21H22N4O2S2/c1-4-24-20(27)18-17(10-13-28-18)23-21(24)29-15(3)19(26)25(12-5-11-22)16-8-6-14(2)7-9-16/h6-10,13,15H,4-5,12H2,1-3H3. The van der Waals surface area contributed by atoms with Crippen molar-refractivity contribution >= 4 is 44.9 Å². The zero-order valence-corrected chi connectivity index (χ0v) is 18.2. The lowest BCUT2D eigenvalue weighted by molar-refractivity contribution is -0.117. The van der Waals surface area contributed by atoms with Crippen LogP contribution in [0, 0.1) is 18.3 Å². The zero-order chi connectivity index (χ0) is 21.0. The highest BCUT2D eigenvalue weighted by atomic mass is 32.2. The van der Waals surface area contributed by atoms with Gasteiger partial charge in [-0.05, 0) is 44.4 Å². The molecular weight excluding hydrogens is 404 g/mol. The Labute approximate surface area is 177 Å². The second-order valence-electron chi connectivity index (χ2n) is 6.57. The van der Waals surface area contributed by atoms with Crippen molar-refractivity contribution in [2.45, 2.75) is 44.1 Å². The molecule has 1 amide bonds. The summed E-state index contributed by atoms with van der Waals surface area (Å²) < 4.78 is 2.24. The highest BCUT2D eigenvalue weighted by molar-refractivity contribution is 8.00. The van der Waals surface area contributed by atoms with Crippen molar-refractivity contribution in [2.75, 3.05) is 11.4 Å². The van der Waals surface area contributed by atoms with Gasteiger partial charge in [0.25, 0.3) is 5.56 Å². The molecule has 1 atom stereocenters. The lowest BCUT2D eigenvalue weighted by atomic mass is 10.2. The van der Waals surface area contributed by atoms with E-state index < -0.39 is 5.25 Å². The Kier molecular flexibility index (Phi) is 6.72. The molecule has 2 aromatic heterocycles. The maximum absolute atomic E-state index is 13.2. The van der Waals surface area contributed by atoms with Crippen molar-refractivity contribution in [3.05, 3.63) is 51.6 Å². The van der Waals surface area contributed by atoms with E-state index >= 15 is 0 Å². The normalized spacial score (nSPS) is 11.9. The molecule has 0 radical (unpaired) electrons. The summed E-state index contributed by atoms with van der Waals surface area (Å²) in [5.41, 5.74) is 2.45. The fourth-order valence-corrected chi connectivity index (χ4v) is 4.79. The molecule has 0 aliphatic rings. The van der Waals surface area contributed by atoms with Gasteiger partial charge in [0, 0.05) is 18.8 Å². The van der Waals surface area contributed by atoms with Crippen molar-refractivity contribution in [2.24, 2.45) is 0 Å². The number of thioether (sulfide) groups is 1. The topological polar surface area (TPSA) is 79.0 Å². The van der Waals surface area contributed by atoms with E-state index in [1.165, 1.54) is 23.1 Å². The molecule has 150 valence electrons. The van der Waals surface area contributed by atoms with Gasteiger partial charge in [-0.1, -0.05) is 29.5 Å². The predicted octanol–water partition coefficient (Wildman–Crippen LogP) is 4.21. The van der Waals surface area contributed by atoms with Crippen LogP contribution in [-0.2, 0) is 11.3 Å². The maximum Gasteiger partial charge on any atom is 0.272 e. The van der Waals surface area contributed by atoms with E-state index in [0.717, 1.165) is 11.3 Å². The monoisotopic (exact) mass is 426 g/mol. The molecule has 8 heteroatoms. The number of aryl methyl sites for hydroxylation is 1. The number of rotatable bonds is 7. The van der Waals surface area contributed by atoms with E-state index in [4.69, 9.17) is 5.26 Å². The summed E-state index contributed by atoms with van der Waals surface area (Å²) in [4.78, 5) is 32.2. The van der Waals surface area contributed by atoms with Crippen LogP contribution in [0.15, 0.2) is 45.7 Å². The van der Waals surface area contributed by atoms with E-state index in [1.54, 1.807) is 9.47 Å². The number of anilines is 1. The minimum atomic E-state index is -0.462. The quantitative estimate of drug-likeness (QED) is 0.418. The maximum atomic E-state index is 13.2. The molecule has 1 unspecified atom stereocenters. The average molecular weight is 427 g/mol. The first-order valence-electron chi connectivity index (χ1n) is 9.36. The molecule has 0 spiro atoms. The van der Waals surface area contributed by atoms with Crippen LogP contribution in [0.3, 0.4) is 0 Å². The van der Waals surface area contributed by atoms with Crippen LogP contribution in [0.1, 0.15) is 25.8 Å². The molecule has 2 heterocycles. The van der Waals surface area contributed by atoms with Crippen molar-refractivity contribution in [3.8, 4) is 6.07 Å². The molecule has 3 aromatic rings. The van der Waals surface area contributed by atoms with Gasteiger partial charge in [0.1, 0.15) is 4.70 Å². The first-order chi connectivity index (χ1) is 14.0. The second kappa shape index (κ2) is 9.25. The van der Waals surface area contributed by atoms with Crippen LogP contribution in [0.25, 0.3) is 10.2 Å². The number of aromatic nitrogens is 2. The van der Waals surface area contributed by atoms with Crippen molar-refractivity contribution in [1.29, 1.82) is 5.26 Å². The number of hydrogen-bond acceptors (Lipinski definition) is 6. The third-order valence-corrected chi connectivity index (χ3v) is 6.51. The Morgan fingerprint density at radius 1 is 1.34 bits per heavy atom. The van der Waals surface area contributed by atoms with Gasteiger partial charge in [-0.15, -0.1) is 11.3 Å². The summed E-state index contributed by atoms with van der Waals surface area (Å²) in [5.74, 6) is -0.114. The SMILES string of the molecule is CCn1c(SC(C)C(=O)N(CCC#N)c2ccc(C)cc2)nc2ccsc2c1=O. The Bertz CT molecular complexity index is 1110. The number of hydrogen-bond donors (Lipinski definition) is 0. The van der Waals surface area contributed by atoms with E-state index in [9.17, 15) is 9.59 Å². The number of nitriles is 1. The summed E-state index contributed by atoms with van der Waals surface area (Å²) in [6.07, 6.45) is 0.246. The summed E-state index contributed by atoms with van der Waals surface area (Å²) in [5, 5.41) is 10.9. The molecule has 0 bridgehead atoms. The lowest BCUT2D eigenvalue weighted by Crippen LogP contribution is -2.37. The van der Waals surface area contributed by atoms with Gasteiger partial charge >= 0.3 is 0 Å². The highest BCUT2D eigenvalue weighted by Gasteiger charge is 2.25. The van der Waals surface area contributed by atoms with Crippen LogP contribution < -0.4 is 10.5 Å². The Morgan fingerprint density at radius 3 is 2.72 bits per heavy atom. The highest BCUT2D eigenvalue weighted by Crippen LogP contribution is 2.27. The van der Waals surface area contributed by atoms with Gasteiger partial charge in [0.15, 0.2) is 5.16 Å². The minimum Gasteiger partial charge on any atom is -0.310 e. The van der Waals surface area contributed by atoms with Gasteiger partial charge < -0.3 is 4.90 Å². The van der Waals surface area contributed by atoms with Gasteiger partial charge in [0.2, 0.25) is 5.91 Å². The molecule has 0 saturated carbocycles. The van der Waals surface area contributed by atoms with Crippen LogP contribution >= 0.6 is 23.1 Å². The number of benzene rings is 1. The third kappa shape index (κ3) is 4.52. The van der Waals surface area contributed by atoms with Gasteiger partial charge in [-0.3, -0.25) is 14.2 Å². The molecule has 29 heavy (non-hydrogen) atoms. The second-order valence-corrected chi connectivity index (χ2v) is 8.80. The predicted molar refractivity (Wildman–Crippen MR) is 119 cm³/mol. The molecule has 1 aromatic carbocycles. The van der Waals surface area contributed by atoms with E-state index in [0.29, 0.717) is 28.5 Å². The van der Waals surface area contributed by atoms with Crippen molar-refractivity contribution in [3.63, 3.8) is 0 Å². The number of carbonyl (C=O) groups is 1. The van der Waals surface area contributed by atoms with Crippen LogP contribution in [0.4, 0.5) is 5.69 Å². The van der Waals surface area contributed by atoms with E-state index in [1.807, 2.05) is 56.5 Å². The number of thiophene rings is 1. The minimum absolute atomic E-state index is 0.0745. The largest absolute Gasteiger partial charge is 0.310 e. The van der Waals surface area contributed by atoms with Crippen LogP contribution in [0.2, 0.25) is 0 Å². The van der Waals surface area contributed by atoms with Crippen LogP contribution in [-0.4, -0.2) is 27.3 Å². The lowest BCUT2D eigenvalue weighted by Gasteiger charge is -2.25. The van der Waals surface area contributed by atoms with Gasteiger partial charge in [-0.2, -0.15) is 5.26 Å². The number of fused-ring (bicyclic) bond motifs is 1. The van der Waals surface area contributed by atoms with Crippen molar-refractivity contribution in [1.82, 2.24) is 9.55 Å². The molecule has 0 fully saturated rings. The number of nitrogens with zero attached hydrogens (tertiary/aromatic N) is 4. The molecular formula is C21H22N4O2S2. The molecule has 0 aliphatic heterocycles. The van der Waals surface area contributed by atoms with E-state index in [-0.39, 0.29) is 17.9 Å². The summed E-state index contributed by atoms with van der Waals surface area (Å²) >= 11 is 2.66. The Balaban J connectivity index is 1.90. The summed E-state index contributed by atoms with van der Waals surface area (Å²) in [6.45, 7) is 6.50. The molecule has 0 saturated heterocycles. The van der Waals surface area contributed by atoms with E-state index in [2.05, 4.69) is 11.1 Å². The smallest absolute Gasteiger partial charge is 0.272 e. The first-order valence-corrected chi connectivity index (χ1v) is 11.1. The molecule has 0 N–H and O–H groups in total. The third-order valence-electron chi connectivity index (χ3n) is 4.54. The summed E-state index contributed by atoms with van der Waals surface area (Å²) in [6, 6.07) is 11.6. The molecule has 3 rings (SSSR count).